The molecule has 1 N–H and O–H groups in total. The van der Waals surface area contributed by atoms with Crippen LogP contribution >= 0.6 is 0 Å². The molecule has 0 radical (unpaired) electrons. The van der Waals surface area contributed by atoms with Gasteiger partial charge in [-0.25, -0.2) is 13.6 Å². The fourth-order valence-corrected chi connectivity index (χ4v) is 4.52. The molecule has 34 heavy (non-hydrogen) atoms. The molecule has 0 unspecified atom stereocenters. The maximum Gasteiger partial charge on any atom is 0.408 e. The minimum absolute atomic E-state index is 0.136. The van der Waals surface area contributed by atoms with Gasteiger partial charge in [0.2, 0.25) is 0 Å². The van der Waals surface area contributed by atoms with Crippen molar-refractivity contribution in [2.24, 2.45) is 0 Å². The maximum atomic E-state index is 15.0. The second-order valence-corrected chi connectivity index (χ2v) is 9.76. The maximum absolute atomic E-state index is 15.0. The van der Waals surface area contributed by atoms with E-state index in [9.17, 15) is 18.4 Å². The van der Waals surface area contributed by atoms with Crippen LogP contribution in [0.5, 0.6) is 0 Å². The van der Waals surface area contributed by atoms with E-state index >= 15 is 0 Å². The van der Waals surface area contributed by atoms with Crippen LogP contribution in [0.1, 0.15) is 49.9 Å². The standard InChI is InChI=1S/C26H30F2N2O4/c1-26(2,3)34-25(32)29-21-15-33-22(14-20(21)28)24(31)30-13-12-16-6-4-5-7-19(16)23(30)17-8-10-18(27)11-9-17/h4-11,20-23H,12-15H2,1-3H3,(H,29,32)/t20-,21+,22+,23-/m0/s1. The zero-order valence-electron chi connectivity index (χ0n) is 19.6. The van der Waals surface area contributed by atoms with Crippen LogP contribution in [-0.2, 0) is 20.7 Å². The van der Waals surface area contributed by atoms with Gasteiger partial charge < -0.3 is 19.7 Å². The van der Waals surface area contributed by atoms with Crippen molar-refractivity contribution in [3.05, 3.63) is 71.0 Å². The molecule has 0 aromatic heterocycles. The highest BCUT2D eigenvalue weighted by atomic mass is 19.1. The Bertz CT molecular complexity index is 1040. The number of carbonyl (C=O) groups is 2. The number of alkyl carbamates (subject to hydrolysis) is 1. The predicted molar refractivity (Wildman–Crippen MR) is 123 cm³/mol. The fourth-order valence-electron chi connectivity index (χ4n) is 4.52. The molecule has 2 aromatic rings. The number of benzene rings is 2. The van der Waals surface area contributed by atoms with E-state index < -0.39 is 36.1 Å². The smallest absolute Gasteiger partial charge is 0.408 e. The summed E-state index contributed by atoms with van der Waals surface area (Å²) in [6, 6.07) is 12.6. The molecule has 0 saturated carbocycles. The lowest BCUT2D eigenvalue weighted by molar-refractivity contribution is -0.152. The Balaban J connectivity index is 1.50. The Morgan fingerprint density at radius 2 is 1.82 bits per heavy atom. The SMILES string of the molecule is CC(C)(C)OC(=O)N[C@@H]1CO[C@@H](C(=O)N2CCc3ccccc3[C@@H]2c2ccc(F)cc2)C[C@@H]1F. The number of carbonyl (C=O) groups excluding carboxylic acids is 2. The molecule has 2 aromatic carbocycles. The van der Waals surface area contributed by atoms with Gasteiger partial charge in [-0.15, -0.1) is 0 Å². The van der Waals surface area contributed by atoms with Crippen molar-refractivity contribution < 1.29 is 27.8 Å². The summed E-state index contributed by atoms with van der Waals surface area (Å²) in [5.41, 5.74) is 2.16. The number of rotatable bonds is 3. The minimum atomic E-state index is -1.46. The molecule has 2 aliphatic rings. The Morgan fingerprint density at radius 3 is 2.50 bits per heavy atom. The lowest BCUT2D eigenvalue weighted by Gasteiger charge is -2.41. The molecule has 4 atom stereocenters. The van der Waals surface area contributed by atoms with E-state index in [4.69, 9.17) is 9.47 Å². The molecule has 2 amide bonds. The van der Waals surface area contributed by atoms with Crippen LogP contribution in [0.3, 0.4) is 0 Å². The summed E-state index contributed by atoms with van der Waals surface area (Å²) < 4.78 is 39.5. The summed E-state index contributed by atoms with van der Waals surface area (Å²) in [6.45, 7) is 5.47. The summed E-state index contributed by atoms with van der Waals surface area (Å²) in [5.74, 6) is -0.674. The van der Waals surface area contributed by atoms with Crippen LogP contribution in [0.4, 0.5) is 13.6 Å². The van der Waals surface area contributed by atoms with Gasteiger partial charge in [0.1, 0.15) is 23.7 Å². The second-order valence-electron chi connectivity index (χ2n) is 9.76. The first kappa shape index (κ1) is 24.1. The van der Waals surface area contributed by atoms with Gasteiger partial charge >= 0.3 is 6.09 Å². The highest BCUT2D eigenvalue weighted by Gasteiger charge is 2.41. The number of nitrogens with one attached hydrogen (secondary N) is 1. The molecule has 0 aliphatic carbocycles. The van der Waals surface area contributed by atoms with E-state index in [0.29, 0.717) is 13.0 Å². The molecule has 6 nitrogen and oxygen atoms in total. The predicted octanol–water partition coefficient (Wildman–Crippen LogP) is 4.32. The first-order valence-electron chi connectivity index (χ1n) is 11.5. The van der Waals surface area contributed by atoms with E-state index in [-0.39, 0.29) is 24.8 Å². The van der Waals surface area contributed by atoms with E-state index in [2.05, 4.69) is 5.32 Å². The van der Waals surface area contributed by atoms with Gasteiger partial charge in [0.25, 0.3) is 5.91 Å². The van der Waals surface area contributed by atoms with E-state index in [1.807, 2.05) is 24.3 Å². The summed E-state index contributed by atoms with van der Waals surface area (Å²) in [5, 5.41) is 2.50. The number of hydrogen-bond acceptors (Lipinski definition) is 4. The van der Waals surface area contributed by atoms with Gasteiger partial charge in [0.15, 0.2) is 0 Å². The molecule has 4 rings (SSSR count). The molecule has 2 heterocycles. The summed E-state index contributed by atoms with van der Waals surface area (Å²) in [7, 11) is 0. The second kappa shape index (κ2) is 9.70. The molecule has 8 heteroatoms. The largest absolute Gasteiger partial charge is 0.444 e. The van der Waals surface area contributed by atoms with Gasteiger partial charge in [0, 0.05) is 13.0 Å². The molecule has 2 aliphatic heterocycles. The Hall–Kier alpha value is -3.00. The summed E-state index contributed by atoms with van der Waals surface area (Å²) in [6.07, 6.45) is -2.67. The highest BCUT2D eigenvalue weighted by Crippen LogP contribution is 2.36. The third-order valence-electron chi connectivity index (χ3n) is 6.08. The van der Waals surface area contributed by atoms with E-state index in [1.54, 1.807) is 37.8 Å². The normalized spacial score (nSPS) is 24.8. The third-order valence-corrected chi connectivity index (χ3v) is 6.08. The molecule has 1 fully saturated rings. The average Bonchev–Trinajstić information content (AvgIpc) is 2.78. The zero-order chi connectivity index (χ0) is 24.5. The topological polar surface area (TPSA) is 67.9 Å². The van der Waals surface area contributed by atoms with Crippen LogP contribution in [0.15, 0.2) is 48.5 Å². The molecule has 0 spiro atoms. The first-order chi connectivity index (χ1) is 16.1. The number of hydrogen-bond donors (Lipinski definition) is 1. The number of halogens is 2. The van der Waals surface area contributed by atoms with Crippen LogP contribution < -0.4 is 5.32 Å². The number of fused-ring (bicyclic) bond motifs is 1. The summed E-state index contributed by atoms with van der Waals surface area (Å²) >= 11 is 0. The van der Waals surface area contributed by atoms with Gasteiger partial charge in [-0.3, -0.25) is 4.79 Å². The summed E-state index contributed by atoms with van der Waals surface area (Å²) in [4.78, 5) is 27.2. The monoisotopic (exact) mass is 472 g/mol. The van der Waals surface area contributed by atoms with Crippen LogP contribution in [0.25, 0.3) is 0 Å². The van der Waals surface area contributed by atoms with E-state index in [0.717, 1.165) is 16.7 Å². The van der Waals surface area contributed by atoms with Crippen molar-refractivity contribution >= 4 is 12.0 Å². The molecular weight excluding hydrogens is 442 g/mol. The fraction of sp³-hybridized carbons (Fsp3) is 0.462. The average molecular weight is 473 g/mol. The number of alkyl halides is 1. The molecular formula is C26H30F2N2O4. The first-order valence-corrected chi connectivity index (χ1v) is 11.5. The van der Waals surface area contributed by atoms with Gasteiger partial charge in [-0.1, -0.05) is 36.4 Å². The lowest BCUT2D eigenvalue weighted by atomic mass is 9.87. The quantitative estimate of drug-likeness (QED) is 0.723. The number of nitrogens with zero attached hydrogens (tertiary/aromatic N) is 1. The minimum Gasteiger partial charge on any atom is -0.444 e. The van der Waals surface area contributed by atoms with Crippen molar-refractivity contribution in [2.75, 3.05) is 13.2 Å². The van der Waals surface area contributed by atoms with Crippen molar-refractivity contribution in [1.29, 1.82) is 0 Å². The number of amides is 2. The number of ether oxygens (including phenoxy) is 2. The van der Waals surface area contributed by atoms with Gasteiger partial charge in [0.05, 0.1) is 18.7 Å². The van der Waals surface area contributed by atoms with Crippen molar-refractivity contribution in [1.82, 2.24) is 10.2 Å². The van der Waals surface area contributed by atoms with Crippen molar-refractivity contribution in [3.8, 4) is 0 Å². The highest BCUT2D eigenvalue weighted by molar-refractivity contribution is 5.82. The van der Waals surface area contributed by atoms with E-state index in [1.165, 1.54) is 12.1 Å². The molecule has 1 saturated heterocycles. The molecule has 182 valence electrons. The molecule has 0 bridgehead atoms. The lowest BCUT2D eigenvalue weighted by Crippen LogP contribution is -2.55. The van der Waals surface area contributed by atoms with Crippen molar-refractivity contribution in [3.63, 3.8) is 0 Å². The van der Waals surface area contributed by atoms with Gasteiger partial charge in [-0.05, 0) is 56.0 Å². The Labute approximate surface area is 198 Å². The van der Waals surface area contributed by atoms with Crippen molar-refractivity contribution in [2.45, 2.75) is 63.6 Å². The zero-order valence-corrected chi connectivity index (χ0v) is 19.6. The Kier molecular flexibility index (Phi) is 6.89. The van der Waals surface area contributed by atoms with Crippen LogP contribution in [0.2, 0.25) is 0 Å². The van der Waals surface area contributed by atoms with Crippen LogP contribution in [0, 0.1) is 5.82 Å². The van der Waals surface area contributed by atoms with Crippen LogP contribution in [-0.4, -0.2) is 54.0 Å². The Morgan fingerprint density at radius 1 is 1.12 bits per heavy atom. The van der Waals surface area contributed by atoms with Gasteiger partial charge in [-0.2, -0.15) is 0 Å². The third kappa shape index (κ3) is 5.38.